The van der Waals surface area contributed by atoms with Crippen LogP contribution in [-0.4, -0.2) is 130 Å². The molecule has 0 spiro atoms. The van der Waals surface area contributed by atoms with E-state index in [2.05, 4.69) is 16.0 Å². The van der Waals surface area contributed by atoms with Crippen molar-refractivity contribution in [3.63, 3.8) is 0 Å². The van der Waals surface area contributed by atoms with Crippen molar-refractivity contribution in [1.82, 2.24) is 25.1 Å². The standard InChI is InChI=1S/C36H40FN5O5S.C18H23FN2O4.C18H19N3O2S.CH3ClS.W/c1-36(2,3)47-35(46)39-27(19-25-21-40(16-14-37)29-10-5-4-9-26(25)29)33(44)38-28-18-24-8-6-11-30(41-15-7-12-31(41)43)32(24)42(34(28)45)20-23-13-17-48-22-23;1-18(2,3)25-17(24)20-14(16(22)23)10-12-11-21(9-8-19)15-7-5-4-6-13(12)15;19-14-9-13-3-1-4-15(20-7-2-5-16(20)22)17(13)21(18(14)23)10-12-6-8-24-11-12;1-3-2;/h4-6,8-11,13,17,21-22,27-28H,7,12,14-16,18-20H2,1-3H3,(H,38,44)(H,39,46);4-7,11,14H,8-10H2,1-3H3,(H,20,24)(H,22,23);1,3-4,6,8,11,14H,2,5,7,9-10,19H2;1H3;/t27-,28?;14-;;;/m11.../s1. The number of carbonyl (C=O) groups is 8. The number of hydrogen-bond donors (Lipinski definition) is 5. The maximum atomic E-state index is 14.3. The summed E-state index contributed by atoms with van der Waals surface area (Å²) in [5, 5.41) is 27.1. The first-order chi connectivity index (χ1) is 48.1. The molecule has 21 nitrogen and oxygen atoms in total. The van der Waals surface area contributed by atoms with Crippen LogP contribution in [0.5, 0.6) is 0 Å². The van der Waals surface area contributed by atoms with Gasteiger partial charge in [-0.1, -0.05) is 60.7 Å². The zero-order valence-corrected chi connectivity index (χ0v) is 63.5. The topological polar surface area (TPSA) is 260 Å². The maximum absolute atomic E-state index is 14.3. The molecule has 4 aliphatic heterocycles. The van der Waals surface area contributed by atoms with E-state index >= 15 is 0 Å². The number of fused-ring (bicyclic) bond motifs is 4. The van der Waals surface area contributed by atoms with Gasteiger partial charge in [0.25, 0.3) is 0 Å². The molecule has 101 heavy (non-hydrogen) atoms. The number of aliphatic carboxylic acids is 1. The van der Waals surface area contributed by atoms with Gasteiger partial charge in [-0.2, -0.15) is 22.7 Å². The Balaban J connectivity index is 0.000000188. The van der Waals surface area contributed by atoms with Crippen LogP contribution in [0.15, 0.2) is 131 Å². The predicted octanol–water partition coefficient (Wildman–Crippen LogP) is 12.4. The molecule has 0 bridgehead atoms. The second-order valence-corrected chi connectivity index (χ2v) is 38.0. The first-order valence-electron chi connectivity index (χ1n) is 33.1. The van der Waals surface area contributed by atoms with Gasteiger partial charge in [-0.3, -0.25) is 24.0 Å². The smallest absolute Gasteiger partial charge is 0.244 e. The quantitative estimate of drug-likeness (QED) is 0.0506. The number of anilines is 4. The van der Waals surface area contributed by atoms with Crippen LogP contribution < -0.4 is 41.3 Å². The van der Waals surface area contributed by atoms with Crippen molar-refractivity contribution in [2.75, 3.05) is 52.3 Å². The number of carboxylic acids is 1. The number of hydrogen-bond acceptors (Lipinski definition) is 13. The number of rotatable bonds is 19. The number of nitrogens with one attached hydrogen (secondary N) is 3. The SMILES string of the molecule is CC(C)(C)OC(=O)N[C@H](Cc1cn(CCF)c2ccccc12)C(=O)NC1Cc2cccc(N3CCCC3=O)c2N(Cc2ccsc2)C1=O.CC(C)(C)OC(=O)N[C@H](Cc1cn(CCF)c2ccccc12)C(=O)O.C[S](Cl)=[W].NC1Cc2cccc(N3CCCC3=O)c2N(Cc2ccsc2)C1=O. The summed E-state index contributed by atoms with van der Waals surface area (Å²) in [7, 11) is 5.53. The summed E-state index contributed by atoms with van der Waals surface area (Å²) in [6, 6.07) is 26.7. The van der Waals surface area contributed by atoms with Gasteiger partial charge in [-0.15, -0.1) is 0 Å². The van der Waals surface area contributed by atoms with Gasteiger partial charge in [0.2, 0.25) is 29.5 Å². The predicted molar refractivity (Wildman–Crippen MR) is 391 cm³/mol. The second-order valence-electron chi connectivity index (χ2n) is 26.7. The summed E-state index contributed by atoms with van der Waals surface area (Å²) in [5.74, 6) is -1.95. The molecule has 0 aliphatic carbocycles. The first kappa shape index (κ1) is 77.0. The minimum absolute atomic E-state index is 0.0192. The van der Waals surface area contributed by atoms with Crippen LogP contribution in [0.25, 0.3) is 21.8 Å². The number of para-hydroxylation sites is 4. The second kappa shape index (κ2) is 34.7. The molecule has 538 valence electrons. The number of carboxylic acid groups (broad SMARTS) is 1. The van der Waals surface area contributed by atoms with E-state index in [-0.39, 0.29) is 69.8 Å². The molecule has 0 saturated carbocycles. The van der Waals surface area contributed by atoms with E-state index in [1.54, 1.807) is 89.1 Å². The Hall–Kier alpha value is -8.13. The number of nitrogens with zero attached hydrogens (tertiary/aromatic N) is 6. The van der Waals surface area contributed by atoms with E-state index in [4.69, 9.17) is 25.9 Å². The summed E-state index contributed by atoms with van der Waals surface area (Å²) in [5.41, 5.74) is 14.6. The molecule has 2 saturated heterocycles. The molecule has 2 fully saturated rings. The van der Waals surface area contributed by atoms with Crippen LogP contribution in [0.3, 0.4) is 0 Å². The Bertz CT molecular complexity index is 4310. The zero-order chi connectivity index (χ0) is 72.9. The van der Waals surface area contributed by atoms with Gasteiger partial charge in [0, 0.05) is 79.4 Å². The third-order valence-corrected chi connectivity index (χ3v) is 18.3. The molecular weight excluding hydrogens is 1550 g/mol. The molecular formula is C73H85ClF2N10O11S3W. The Labute approximate surface area is 610 Å². The molecule has 12 rings (SSSR count). The molecule has 4 aromatic heterocycles. The molecule has 5 atom stereocenters. The van der Waals surface area contributed by atoms with Gasteiger partial charge in [0.05, 0.1) is 55.0 Å². The maximum Gasteiger partial charge on any atom is 0.244 e. The molecule has 4 aromatic carbocycles. The Kier molecular flexibility index (Phi) is 26.5. The number of nitrogens with two attached hydrogens (primary N) is 1. The van der Waals surface area contributed by atoms with Crippen LogP contribution in [0.2, 0.25) is 0 Å². The molecule has 4 aliphatic rings. The van der Waals surface area contributed by atoms with Gasteiger partial charge < -0.3 is 65.0 Å². The number of benzene rings is 4. The number of alkyl halides is 2. The van der Waals surface area contributed by atoms with Crippen LogP contribution in [0.4, 0.5) is 41.1 Å². The van der Waals surface area contributed by atoms with Crippen molar-refractivity contribution in [3.8, 4) is 0 Å². The van der Waals surface area contributed by atoms with E-state index < -0.39 is 72.8 Å². The number of amides is 7. The molecule has 0 radical (unpaired) electrons. The Morgan fingerprint density at radius 1 is 0.653 bits per heavy atom. The fraction of sp³-hybridized carbons (Fsp3) is 0.397. The molecule has 8 heterocycles. The summed E-state index contributed by atoms with van der Waals surface area (Å²) in [4.78, 5) is 110. The van der Waals surface area contributed by atoms with Crippen molar-refractivity contribution in [1.29, 1.82) is 0 Å². The molecule has 8 aromatic rings. The first-order valence-corrected chi connectivity index (χ1v) is 41.0. The average Bonchev–Trinajstić information content (AvgIpc) is 1.60. The number of aromatic nitrogens is 2. The number of carbonyl (C=O) groups excluding carboxylic acids is 7. The minimum atomic E-state index is -1.16. The summed E-state index contributed by atoms with van der Waals surface area (Å²) in [6.45, 7) is 11.6. The van der Waals surface area contributed by atoms with Gasteiger partial charge in [0.1, 0.15) is 42.7 Å². The molecule has 28 heteroatoms. The van der Waals surface area contributed by atoms with Crippen molar-refractivity contribution in [2.24, 2.45) is 5.73 Å². The third kappa shape index (κ3) is 20.2. The number of thiophene rings is 2. The minimum Gasteiger partial charge on any atom is -0.320 e. The fourth-order valence-corrected chi connectivity index (χ4v) is 14.0. The van der Waals surface area contributed by atoms with E-state index in [1.807, 2.05) is 130 Å². The molecule has 7 amide bonds. The number of ether oxygens (including phenoxy) is 2. The normalized spacial score (nSPS) is 16.8. The Morgan fingerprint density at radius 3 is 1.50 bits per heavy atom. The number of aryl methyl sites for hydroxylation is 2. The van der Waals surface area contributed by atoms with Crippen LogP contribution in [0, 0.1) is 0 Å². The third-order valence-electron chi connectivity index (χ3n) is 16.9. The molecule has 6 N–H and O–H groups in total. The van der Waals surface area contributed by atoms with Crippen LogP contribution in [-0.2, 0) is 108 Å². The fourth-order valence-electron chi connectivity index (χ4n) is 12.7. The summed E-state index contributed by atoms with van der Waals surface area (Å²) < 4.78 is 40.3. The van der Waals surface area contributed by atoms with E-state index in [0.717, 1.165) is 79.4 Å². The van der Waals surface area contributed by atoms with Crippen LogP contribution >= 0.6 is 40.7 Å². The van der Waals surface area contributed by atoms with Crippen LogP contribution in [0.1, 0.15) is 101 Å². The number of halogens is 3. The zero-order valence-electron chi connectivity index (χ0n) is 57.4. The van der Waals surface area contributed by atoms with E-state index in [1.165, 1.54) is 29.3 Å². The van der Waals surface area contributed by atoms with Crippen molar-refractivity contribution < 1.29 is 79.7 Å². The van der Waals surface area contributed by atoms with Gasteiger partial charge >= 0.3 is 60.4 Å². The van der Waals surface area contributed by atoms with E-state index in [9.17, 15) is 52.2 Å². The largest absolute Gasteiger partial charge is 0.320 e. The van der Waals surface area contributed by atoms with Gasteiger partial charge in [-0.25, -0.2) is 23.2 Å². The summed E-state index contributed by atoms with van der Waals surface area (Å²) in [6.07, 6.45) is 7.51. The van der Waals surface area contributed by atoms with Gasteiger partial charge in [-0.05, 0) is 152 Å². The van der Waals surface area contributed by atoms with Crippen molar-refractivity contribution in [2.45, 2.75) is 154 Å². The van der Waals surface area contributed by atoms with Crippen molar-refractivity contribution >= 4 is 133 Å². The number of alkyl carbamates (subject to hydrolysis) is 2. The van der Waals surface area contributed by atoms with Gasteiger partial charge in [0.15, 0.2) is 0 Å². The van der Waals surface area contributed by atoms with Crippen molar-refractivity contribution in [3.05, 3.63) is 164 Å². The average molecular weight is 1630 g/mol. The monoisotopic (exact) mass is 1630 g/mol. The van der Waals surface area contributed by atoms with E-state index in [0.29, 0.717) is 50.3 Å². The summed E-state index contributed by atoms with van der Waals surface area (Å²) >= 11 is 4.60. The Morgan fingerprint density at radius 2 is 1.09 bits per heavy atom. The molecule has 3 unspecified atom stereocenters.